The van der Waals surface area contributed by atoms with Crippen LogP contribution in [0.5, 0.6) is 23.5 Å². The molecule has 0 fully saturated rings. The molecule has 1 heterocycles. The molecule has 6 heteroatoms. The molecule has 0 aliphatic heterocycles. The summed E-state index contributed by atoms with van der Waals surface area (Å²) >= 11 is 0. The molecule has 0 atom stereocenters. The average Bonchev–Trinajstić information content (AvgIpc) is 2.55. The Labute approximate surface area is 146 Å². The quantitative estimate of drug-likeness (QED) is 0.730. The second-order valence-corrected chi connectivity index (χ2v) is 6.43. The van der Waals surface area contributed by atoms with Crippen molar-refractivity contribution in [2.45, 2.75) is 26.3 Å². The monoisotopic (exact) mass is 336 g/mol. The Hall–Kier alpha value is -3.15. The van der Waals surface area contributed by atoms with Crippen molar-refractivity contribution in [3.05, 3.63) is 60.7 Å². The maximum atomic E-state index is 5.73. The number of nitrogens with zero attached hydrogens (tertiary/aromatic N) is 3. The van der Waals surface area contributed by atoms with E-state index < -0.39 is 0 Å². The Morgan fingerprint density at radius 1 is 0.680 bits per heavy atom. The molecule has 2 aromatic carbocycles. The van der Waals surface area contributed by atoms with Crippen molar-refractivity contribution in [1.29, 1.82) is 0 Å². The summed E-state index contributed by atoms with van der Waals surface area (Å²) in [6.45, 7) is 6.06. The molecule has 0 bridgehead atoms. The number of aromatic nitrogens is 3. The molecule has 0 unspecified atom stereocenters. The van der Waals surface area contributed by atoms with Gasteiger partial charge in [-0.1, -0.05) is 36.4 Å². The third kappa shape index (κ3) is 5.17. The van der Waals surface area contributed by atoms with Crippen LogP contribution >= 0.6 is 0 Å². The van der Waals surface area contributed by atoms with Crippen molar-refractivity contribution < 1.29 is 9.47 Å². The number of benzene rings is 2. The van der Waals surface area contributed by atoms with Gasteiger partial charge in [-0.25, -0.2) is 0 Å². The second-order valence-electron chi connectivity index (χ2n) is 6.43. The lowest BCUT2D eigenvalue weighted by Crippen LogP contribution is -2.27. The van der Waals surface area contributed by atoms with Gasteiger partial charge in [-0.2, -0.15) is 9.97 Å². The molecule has 3 rings (SSSR count). The van der Waals surface area contributed by atoms with Crippen LogP contribution in [-0.4, -0.2) is 20.5 Å². The maximum Gasteiger partial charge on any atom is 0.330 e. The highest BCUT2D eigenvalue weighted by Crippen LogP contribution is 2.24. The Kier molecular flexibility index (Phi) is 4.79. The van der Waals surface area contributed by atoms with Crippen LogP contribution in [0.4, 0.5) is 5.95 Å². The van der Waals surface area contributed by atoms with E-state index in [0.717, 1.165) is 0 Å². The SMILES string of the molecule is CC(C)(C)Nc1nc(Oc2ccccc2)nc(Oc2ccccc2)n1. The topological polar surface area (TPSA) is 69.2 Å². The van der Waals surface area contributed by atoms with Gasteiger partial charge >= 0.3 is 12.0 Å². The highest BCUT2D eigenvalue weighted by atomic mass is 16.5. The van der Waals surface area contributed by atoms with Crippen molar-refractivity contribution in [2.75, 3.05) is 5.32 Å². The van der Waals surface area contributed by atoms with Gasteiger partial charge in [0.25, 0.3) is 0 Å². The lowest BCUT2D eigenvalue weighted by molar-refractivity contribution is 0.397. The standard InChI is InChI=1S/C19H20N4O2/c1-19(2,3)23-16-20-17(24-14-10-6-4-7-11-14)22-18(21-16)25-15-12-8-5-9-13-15/h4-13H,1-3H3,(H,20,21,22,23). The molecule has 128 valence electrons. The van der Waals surface area contributed by atoms with E-state index in [1.807, 2.05) is 81.4 Å². The smallest absolute Gasteiger partial charge is 0.330 e. The number of rotatable bonds is 5. The lowest BCUT2D eigenvalue weighted by Gasteiger charge is -2.20. The Bertz CT molecular complexity index is 758. The fourth-order valence-corrected chi connectivity index (χ4v) is 2.01. The van der Waals surface area contributed by atoms with Gasteiger partial charge in [0.1, 0.15) is 11.5 Å². The van der Waals surface area contributed by atoms with Gasteiger partial charge in [-0.15, -0.1) is 4.98 Å². The van der Waals surface area contributed by atoms with Gasteiger partial charge in [0.15, 0.2) is 0 Å². The first-order chi connectivity index (χ1) is 12.0. The predicted octanol–water partition coefficient (Wildman–Crippen LogP) is 4.67. The molecule has 0 spiro atoms. The van der Waals surface area contributed by atoms with Crippen molar-refractivity contribution in [3.8, 4) is 23.5 Å². The first-order valence-corrected chi connectivity index (χ1v) is 7.98. The van der Waals surface area contributed by atoms with E-state index in [2.05, 4.69) is 20.3 Å². The Balaban J connectivity index is 1.90. The van der Waals surface area contributed by atoms with Gasteiger partial charge in [0.2, 0.25) is 5.95 Å². The summed E-state index contributed by atoms with van der Waals surface area (Å²) < 4.78 is 11.5. The molecule has 0 radical (unpaired) electrons. The molecule has 0 saturated carbocycles. The summed E-state index contributed by atoms with van der Waals surface area (Å²) in [5.74, 6) is 1.67. The summed E-state index contributed by atoms with van der Waals surface area (Å²) in [6.07, 6.45) is 0. The van der Waals surface area contributed by atoms with Crippen LogP contribution in [0.1, 0.15) is 20.8 Å². The number of hydrogen-bond acceptors (Lipinski definition) is 6. The van der Waals surface area contributed by atoms with Gasteiger partial charge in [-0.3, -0.25) is 0 Å². The zero-order valence-corrected chi connectivity index (χ0v) is 14.4. The maximum absolute atomic E-state index is 5.73. The number of para-hydroxylation sites is 2. The fourth-order valence-electron chi connectivity index (χ4n) is 2.01. The minimum Gasteiger partial charge on any atom is -0.424 e. The molecule has 0 amide bonds. The van der Waals surface area contributed by atoms with E-state index in [9.17, 15) is 0 Å². The molecule has 1 N–H and O–H groups in total. The van der Waals surface area contributed by atoms with Crippen LogP contribution in [-0.2, 0) is 0 Å². The zero-order valence-electron chi connectivity index (χ0n) is 14.4. The van der Waals surface area contributed by atoms with Gasteiger partial charge in [0.05, 0.1) is 0 Å². The van der Waals surface area contributed by atoms with Gasteiger partial charge < -0.3 is 14.8 Å². The molecule has 3 aromatic rings. The average molecular weight is 336 g/mol. The van der Waals surface area contributed by atoms with Crippen LogP contribution in [0, 0.1) is 0 Å². The van der Waals surface area contributed by atoms with Gasteiger partial charge in [-0.05, 0) is 45.0 Å². The number of ether oxygens (including phenoxy) is 2. The van der Waals surface area contributed by atoms with Crippen LogP contribution < -0.4 is 14.8 Å². The predicted molar refractivity (Wildman–Crippen MR) is 96.2 cm³/mol. The first-order valence-electron chi connectivity index (χ1n) is 7.98. The summed E-state index contributed by atoms with van der Waals surface area (Å²) in [4.78, 5) is 12.9. The minimum atomic E-state index is -0.213. The van der Waals surface area contributed by atoms with Crippen molar-refractivity contribution in [3.63, 3.8) is 0 Å². The van der Waals surface area contributed by atoms with E-state index >= 15 is 0 Å². The summed E-state index contributed by atoms with van der Waals surface area (Å²) in [5, 5.41) is 3.21. The Morgan fingerprint density at radius 3 is 1.52 bits per heavy atom. The van der Waals surface area contributed by atoms with Crippen LogP contribution in [0.3, 0.4) is 0 Å². The summed E-state index contributed by atoms with van der Waals surface area (Å²) in [5.41, 5.74) is -0.213. The fraction of sp³-hybridized carbons (Fsp3) is 0.211. The molecular weight excluding hydrogens is 316 g/mol. The molecule has 0 saturated heterocycles. The third-order valence-corrected chi connectivity index (χ3v) is 2.99. The van der Waals surface area contributed by atoms with Crippen molar-refractivity contribution in [1.82, 2.24) is 15.0 Å². The molecule has 1 aromatic heterocycles. The van der Waals surface area contributed by atoms with Crippen molar-refractivity contribution in [2.24, 2.45) is 0 Å². The molecule has 25 heavy (non-hydrogen) atoms. The van der Waals surface area contributed by atoms with Gasteiger partial charge in [0, 0.05) is 5.54 Å². The summed E-state index contributed by atoms with van der Waals surface area (Å²) in [6, 6.07) is 19.0. The minimum absolute atomic E-state index is 0.166. The largest absolute Gasteiger partial charge is 0.424 e. The van der Waals surface area contributed by atoms with E-state index in [0.29, 0.717) is 17.4 Å². The first kappa shape index (κ1) is 16.7. The Morgan fingerprint density at radius 2 is 1.12 bits per heavy atom. The van der Waals surface area contributed by atoms with E-state index in [1.54, 1.807) is 0 Å². The third-order valence-electron chi connectivity index (χ3n) is 2.99. The number of nitrogens with one attached hydrogen (secondary N) is 1. The zero-order chi connectivity index (χ0) is 17.7. The van der Waals surface area contributed by atoms with Crippen molar-refractivity contribution >= 4 is 5.95 Å². The van der Waals surface area contributed by atoms with E-state index in [-0.39, 0.29) is 17.6 Å². The highest BCUT2D eigenvalue weighted by molar-refractivity contribution is 5.34. The van der Waals surface area contributed by atoms with Crippen LogP contribution in [0.2, 0.25) is 0 Å². The van der Waals surface area contributed by atoms with E-state index in [4.69, 9.17) is 9.47 Å². The molecule has 0 aliphatic rings. The van der Waals surface area contributed by atoms with Crippen LogP contribution in [0.15, 0.2) is 60.7 Å². The molecule has 6 nitrogen and oxygen atoms in total. The summed E-state index contributed by atoms with van der Waals surface area (Å²) in [7, 11) is 0. The van der Waals surface area contributed by atoms with Crippen LogP contribution in [0.25, 0.3) is 0 Å². The lowest BCUT2D eigenvalue weighted by atomic mass is 10.1. The highest BCUT2D eigenvalue weighted by Gasteiger charge is 2.16. The number of hydrogen-bond donors (Lipinski definition) is 1. The van der Waals surface area contributed by atoms with E-state index in [1.165, 1.54) is 0 Å². The normalized spacial score (nSPS) is 11.0. The molecular formula is C19H20N4O2. The molecule has 0 aliphatic carbocycles. The second kappa shape index (κ2) is 7.17. The number of anilines is 1.